The normalized spacial score (nSPS) is 10.5. The molecule has 138 valence electrons. The highest BCUT2D eigenvalue weighted by molar-refractivity contribution is 5.73. The lowest BCUT2D eigenvalue weighted by molar-refractivity contribution is -0.259. The van der Waals surface area contributed by atoms with Gasteiger partial charge in [-0.3, -0.25) is 0 Å². The zero-order valence-electron chi connectivity index (χ0n) is 13.4. The molecule has 0 aliphatic heterocycles. The fourth-order valence-electron chi connectivity index (χ4n) is 2.18. The molecule has 4 nitrogen and oxygen atoms in total. The summed E-state index contributed by atoms with van der Waals surface area (Å²) in [5.74, 6) is -4.89. The van der Waals surface area contributed by atoms with E-state index in [2.05, 4.69) is 9.78 Å². The molecule has 0 amide bonds. The van der Waals surface area contributed by atoms with Gasteiger partial charge in [-0.2, -0.15) is 0 Å². The Balaban J connectivity index is 1.71. The third-order valence-electron chi connectivity index (χ3n) is 3.31. The van der Waals surface area contributed by atoms with Crippen LogP contribution in [0.4, 0.5) is 17.6 Å². The van der Waals surface area contributed by atoms with Gasteiger partial charge in [0.05, 0.1) is 12.8 Å². The average Bonchev–Trinajstić information content (AvgIpc) is 2.54. The molecule has 0 aromatic heterocycles. The highest BCUT2D eigenvalue weighted by Crippen LogP contribution is 2.12. The van der Waals surface area contributed by atoms with Crippen LogP contribution in [-0.2, 0) is 32.2 Å². The van der Waals surface area contributed by atoms with Gasteiger partial charge in [0.25, 0.3) is 0 Å². The first-order valence-corrected chi connectivity index (χ1v) is 7.62. The van der Waals surface area contributed by atoms with Crippen molar-refractivity contribution in [3.63, 3.8) is 0 Å². The van der Waals surface area contributed by atoms with E-state index in [0.29, 0.717) is 12.1 Å². The first-order valence-electron chi connectivity index (χ1n) is 7.62. The van der Waals surface area contributed by atoms with Crippen molar-refractivity contribution in [2.45, 2.75) is 25.7 Å². The van der Waals surface area contributed by atoms with Crippen LogP contribution >= 0.6 is 0 Å². The standard InChI is InChI=1S/C18H14F4O4/c19-13-5-11(6-14(20)9-13)1-3-17(23)25-26-18(24)4-2-12-7-15(21)10-16(22)8-12/h5-10H,1-4H2. The molecule has 0 aliphatic rings. The topological polar surface area (TPSA) is 52.6 Å². The number of rotatable bonds is 6. The molecule has 0 radical (unpaired) electrons. The van der Waals surface area contributed by atoms with E-state index < -0.39 is 35.2 Å². The number of aryl methyl sites for hydroxylation is 2. The molecule has 2 rings (SSSR count). The van der Waals surface area contributed by atoms with Crippen LogP contribution in [0.5, 0.6) is 0 Å². The number of benzene rings is 2. The maximum absolute atomic E-state index is 13.0. The Morgan fingerprint density at radius 3 is 1.23 bits per heavy atom. The molecule has 0 spiro atoms. The van der Waals surface area contributed by atoms with Crippen LogP contribution in [0.25, 0.3) is 0 Å². The summed E-state index contributed by atoms with van der Waals surface area (Å²) in [5, 5.41) is 0. The summed E-state index contributed by atoms with van der Waals surface area (Å²) in [6.07, 6.45) is -0.530. The molecular weight excluding hydrogens is 356 g/mol. The Labute approximate surface area is 146 Å². The lowest BCUT2D eigenvalue weighted by atomic mass is 10.1. The molecule has 0 saturated heterocycles. The molecule has 2 aromatic carbocycles. The highest BCUT2D eigenvalue weighted by atomic mass is 19.1. The fourth-order valence-corrected chi connectivity index (χ4v) is 2.18. The van der Waals surface area contributed by atoms with Crippen molar-refractivity contribution in [2.24, 2.45) is 0 Å². The van der Waals surface area contributed by atoms with E-state index in [1.807, 2.05) is 0 Å². The number of carbonyl (C=O) groups excluding carboxylic acids is 2. The summed E-state index contributed by atoms with van der Waals surface area (Å²) in [6.45, 7) is 0. The van der Waals surface area contributed by atoms with Crippen molar-refractivity contribution in [2.75, 3.05) is 0 Å². The summed E-state index contributed by atoms with van der Waals surface area (Å²) in [6, 6.07) is 5.68. The minimum absolute atomic E-state index is 0.00632. The average molecular weight is 370 g/mol. The van der Waals surface area contributed by atoms with Gasteiger partial charge in [-0.05, 0) is 48.2 Å². The van der Waals surface area contributed by atoms with E-state index in [1.165, 1.54) is 0 Å². The van der Waals surface area contributed by atoms with Gasteiger partial charge in [-0.25, -0.2) is 36.9 Å². The number of carbonyl (C=O) groups is 2. The Morgan fingerprint density at radius 2 is 0.923 bits per heavy atom. The zero-order chi connectivity index (χ0) is 19.1. The second-order valence-corrected chi connectivity index (χ2v) is 5.47. The van der Waals surface area contributed by atoms with Crippen LogP contribution < -0.4 is 0 Å². The third kappa shape index (κ3) is 6.54. The van der Waals surface area contributed by atoms with E-state index in [4.69, 9.17) is 0 Å². The molecular formula is C18H14F4O4. The summed E-state index contributed by atoms with van der Waals surface area (Å²) in [7, 11) is 0. The van der Waals surface area contributed by atoms with Gasteiger partial charge in [0.2, 0.25) is 0 Å². The molecule has 2 aromatic rings. The molecule has 8 heteroatoms. The van der Waals surface area contributed by atoms with Crippen LogP contribution in [0.3, 0.4) is 0 Å². The molecule has 0 N–H and O–H groups in total. The Morgan fingerprint density at radius 1 is 0.615 bits per heavy atom. The summed E-state index contributed by atoms with van der Waals surface area (Å²) >= 11 is 0. The van der Waals surface area contributed by atoms with E-state index in [-0.39, 0.29) is 36.8 Å². The summed E-state index contributed by atoms with van der Waals surface area (Å²) in [4.78, 5) is 31.5. The van der Waals surface area contributed by atoms with Gasteiger partial charge < -0.3 is 0 Å². The SMILES string of the molecule is O=C(CCc1cc(F)cc(F)c1)OOC(=O)CCc1cc(F)cc(F)c1. The van der Waals surface area contributed by atoms with Crippen molar-refractivity contribution < 1.29 is 36.9 Å². The summed E-state index contributed by atoms with van der Waals surface area (Å²) in [5.41, 5.74) is 0.498. The first-order chi connectivity index (χ1) is 12.3. The van der Waals surface area contributed by atoms with E-state index >= 15 is 0 Å². The molecule has 0 fully saturated rings. The first kappa shape index (κ1) is 19.4. The summed E-state index contributed by atoms with van der Waals surface area (Å²) < 4.78 is 52.0. The number of hydrogen-bond acceptors (Lipinski definition) is 4. The van der Waals surface area contributed by atoms with Crippen LogP contribution in [-0.4, -0.2) is 11.9 Å². The zero-order valence-corrected chi connectivity index (χ0v) is 13.4. The van der Waals surface area contributed by atoms with Crippen molar-refractivity contribution in [3.05, 3.63) is 70.8 Å². The van der Waals surface area contributed by atoms with Crippen molar-refractivity contribution in [3.8, 4) is 0 Å². The number of hydrogen-bond donors (Lipinski definition) is 0. The lowest BCUT2D eigenvalue weighted by Crippen LogP contribution is -2.12. The van der Waals surface area contributed by atoms with Gasteiger partial charge in [0, 0.05) is 12.1 Å². The molecule has 0 heterocycles. The molecule has 0 aliphatic carbocycles. The van der Waals surface area contributed by atoms with Gasteiger partial charge in [-0.15, -0.1) is 0 Å². The monoisotopic (exact) mass is 370 g/mol. The van der Waals surface area contributed by atoms with E-state index in [1.54, 1.807) is 0 Å². The van der Waals surface area contributed by atoms with Gasteiger partial charge >= 0.3 is 11.9 Å². The Hall–Kier alpha value is -2.90. The van der Waals surface area contributed by atoms with Crippen LogP contribution in [0.15, 0.2) is 36.4 Å². The molecule has 0 atom stereocenters. The number of halogens is 4. The molecule has 0 bridgehead atoms. The Bertz CT molecular complexity index is 700. The smallest absolute Gasteiger partial charge is 0.247 e. The largest absolute Gasteiger partial charge is 0.355 e. The molecule has 0 unspecified atom stereocenters. The van der Waals surface area contributed by atoms with Crippen LogP contribution in [0.1, 0.15) is 24.0 Å². The maximum Gasteiger partial charge on any atom is 0.355 e. The predicted octanol–water partition coefficient (Wildman–Crippen LogP) is 3.81. The minimum Gasteiger partial charge on any atom is -0.247 e. The van der Waals surface area contributed by atoms with Crippen molar-refractivity contribution in [1.29, 1.82) is 0 Å². The minimum atomic E-state index is -0.903. The van der Waals surface area contributed by atoms with Crippen LogP contribution in [0, 0.1) is 23.3 Å². The second-order valence-electron chi connectivity index (χ2n) is 5.47. The van der Waals surface area contributed by atoms with Crippen molar-refractivity contribution >= 4 is 11.9 Å². The van der Waals surface area contributed by atoms with Crippen molar-refractivity contribution in [1.82, 2.24) is 0 Å². The van der Waals surface area contributed by atoms with E-state index in [0.717, 1.165) is 24.3 Å². The Kier molecular flexibility index (Phi) is 6.71. The molecule has 0 saturated carbocycles. The maximum atomic E-state index is 13.0. The quantitative estimate of drug-likeness (QED) is 0.441. The second kappa shape index (κ2) is 8.98. The van der Waals surface area contributed by atoms with E-state index in [9.17, 15) is 27.2 Å². The van der Waals surface area contributed by atoms with Crippen LogP contribution in [0.2, 0.25) is 0 Å². The molecule has 26 heavy (non-hydrogen) atoms. The lowest BCUT2D eigenvalue weighted by Gasteiger charge is -2.05. The highest BCUT2D eigenvalue weighted by Gasteiger charge is 2.12. The van der Waals surface area contributed by atoms with Gasteiger partial charge in [0.15, 0.2) is 0 Å². The van der Waals surface area contributed by atoms with Gasteiger partial charge in [0.1, 0.15) is 23.3 Å². The van der Waals surface area contributed by atoms with Gasteiger partial charge in [-0.1, -0.05) is 0 Å². The fraction of sp³-hybridized carbons (Fsp3) is 0.222. The predicted molar refractivity (Wildman–Crippen MR) is 81.5 cm³/mol. The third-order valence-corrected chi connectivity index (χ3v) is 3.31.